The molecule has 0 aliphatic heterocycles. The number of hydrogen-bond acceptors (Lipinski definition) is 5. The summed E-state index contributed by atoms with van der Waals surface area (Å²) in [5.41, 5.74) is 0.306. The highest BCUT2D eigenvalue weighted by Crippen LogP contribution is 2.17. The molecule has 114 valence electrons. The van der Waals surface area contributed by atoms with E-state index in [4.69, 9.17) is 10.00 Å². The number of nitrogens with one attached hydrogen (secondary N) is 1. The first-order valence-corrected chi connectivity index (χ1v) is 6.56. The lowest BCUT2D eigenvalue weighted by Crippen LogP contribution is -2.38. The van der Waals surface area contributed by atoms with Gasteiger partial charge in [0.15, 0.2) is 0 Å². The van der Waals surface area contributed by atoms with E-state index in [1.807, 2.05) is 6.07 Å². The average Bonchev–Trinajstić information content (AvgIpc) is 2.42. The minimum absolute atomic E-state index is 0.143. The Morgan fingerprint density at radius 2 is 1.90 bits per heavy atom. The SMILES string of the molecule is CC(C)(C)OC(=O)NCC(O)C(O)c1ccc(C#N)cc1. The molecule has 6 heteroatoms. The molecule has 0 aliphatic carbocycles. The monoisotopic (exact) mass is 292 g/mol. The molecule has 0 heterocycles. The largest absolute Gasteiger partial charge is 0.444 e. The Morgan fingerprint density at radius 1 is 1.33 bits per heavy atom. The van der Waals surface area contributed by atoms with Crippen LogP contribution in [0.5, 0.6) is 0 Å². The van der Waals surface area contributed by atoms with Crippen LogP contribution in [-0.4, -0.2) is 34.6 Å². The fraction of sp³-hybridized carbons (Fsp3) is 0.467. The fourth-order valence-electron chi connectivity index (χ4n) is 1.59. The molecular weight excluding hydrogens is 272 g/mol. The molecule has 0 aromatic heterocycles. The molecule has 2 unspecified atom stereocenters. The molecule has 6 nitrogen and oxygen atoms in total. The lowest BCUT2D eigenvalue weighted by atomic mass is 10.0. The molecular formula is C15H20N2O4. The Kier molecular flexibility index (Phi) is 5.70. The van der Waals surface area contributed by atoms with Crippen molar-refractivity contribution in [1.29, 1.82) is 5.26 Å². The summed E-state index contributed by atoms with van der Waals surface area (Å²) in [7, 11) is 0. The zero-order valence-electron chi connectivity index (χ0n) is 12.3. The molecule has 1 aromatic carbocycles. The number of benzene rings is 1. The molecule has 1 aromatic rings. The number of amides is 1. The molecule has 0 saturated carbocycles. The second-order valence-electron chi connectivity index (χ2n) is 5.63. The fourth-order valence-corrected chi connectivity index (χ4v) is 1.59. The minimum Gasteiger partial charge on any atom is -0.444 e. The van der Waals surface area contributed by atoms with Crippen LogP contribution in [0, 0.1) is 11.3 Å². The summed E-state index contributed by atoms with van der Waals surface area (Å²) in [5.74, 6) is 0. The Labute approximate surface area is 124 Å². The first-order valence-electron chi connectivity index (χ1n) is 6.56. The quantitative estimate of drug-likeness (QED) is 0.780. The highest BCUT2D eigenvalue weighted by atomic mass is 16.6. The van der Waals surface area contributed by atoms with Crippen molar-refractivity contribution in [2.75, 3.05) is 6.54 Å². The van der Waals surface area contributed by atoms with Crippen molar-refractivity contribution in [2.45, 2.75) is 38.6 Å². The van der Waals surface area contributed by atoms with Gasteiger partial charge in [-0.25, -0.2) is 4.79 Å². The number of rotatable bonds is 4. The predicted octanol–water partition coefficient (Wildman–Crippen LogP) is 1.48. The second-order valence-corrected chi connectivity index (χ2v) is 5.63. The Morgan fingerprint density at radius 3 is 2.38 bits per heavy atom. The van der Waals surface area contributed by atoms with Gasteiger partial charge in [0, 0.05) is 6.54 Å². The van der Waals surface area contributed by atoms with Crippen LogP contribution < -0.4 is 5.32 Å². The van der Waals surface area contributed by atoms with Gasteiger partial charge in [0.05, 0.1) is 11.6 Å². The van der Waals surface area contributed by atoms with E-state index < -0.39 is 23.9 Å². The molecule has 1 amide bonds. The van der Waals surface area contributed by atoms with Gasteiger partial charge in [-0.15, -0.1) is 0 Å². The van der Waals surface area contributed by atoms with E-state index in [-0.39, 0.29) is 6.54 Å². The minimum atomic E-state index is -1.18. The molecule has 0 spiro atoms. The van der Waals surface area contributed by atoms with Gasteiger partial charge in [0.25, 0.3) is 0 Å². The molecule has 0 fully saturated rings. The van der Waals surface area contributed by atoms with Crippen molar-refractivity contribution in [3.05, 3.63) is 35.4 Å². The second kappa shape index (κ2) is 7.07. The Balaban J connectivity index is 2.52. The van der Waals surface area contributed by atoms with Gasteiger partial charge in [-0.1, -0.05) is 12.1 Å². The summed E-state index contributed by atoms with van der Waals surface area (Å²) in [5, 5.41) is 30.9. The standard InChI is InChI=1S/C15H20N2O4/c1-15(2,3)21-14(20)17-9-12(18)13(19)11-6-4-10(8-16)5-7-11/h4-7,12-13,18-19H,9H2,1-3H3,(H,17,20). The Bertz CT molecular complexity index is 514. The van der Waals surface area contributed by atoms with Crippen molar-refractivity contribution < 1.29 is 19.7 Å². The summed E-state index contributed by atoms with van der Waals surface area (Å²) in [6.45, 7) is 5.05. The molecule has 21 heavy (non-hydrogen) atoms. The number of ether oxygens (including phenoxy) is 1. The van der Waals surface area contributed by atoms with Crippen LogP contribution in [-0.2, 0) is 4.74 Å². The number of aliphatic hydroxyl groups excluding tert-OH is 2. The van der Waals surface area contributed by atoms with Gasteiger partial charge in [-0.05, 0) is 38.5 Å². The molecule has 2 atom stereocenters. The molecule has 0 bridgehead atoms. The normalized spacial score (nSPS) is 13.9. The van der Waals surface area contributed by atoms with E-state index >= 15 is 0 Å². The maximum atomic E-state index is 11.4. The van der Waals surface area contributed by atoms with Crippen molar-refractivity contribution in [2.24, 2.45) is 0 Å². The van der Waals surface area contributed by atoms with Gasteiger partial charge >= 0.3 is 6.09 Å². The summed E-state index contributed by atoms with van der Waals surface area (Å²) < 4.78 is 5.03. The lowest BCUT2D eigenvalue weighted by molar-refractivity contribution is 0.0129. The number of hydrogen-bond donors (Lipinski definition) is 3. The zero-order chi connectivity index (χ0) is 16.0. The van der Waals surface area contributed by atoms with E-state index in [1.54, 1.807) is 45.0 Å². The third kappa shape index (κ3) is 5.81. The third-order valence-corrected chi connectivity index (χ3v) is 2.60. The van der Waals surface area contributed by atoms with Gasteiger partial charge < -0.3 is 20.3 Å². The van der Waals surface area contributed by atoms with Gasteiger partial charge in [-0.3, -0.25) is 0 Å². The zero-order valence-corrected chi connectivity index (χ0v) is 12.3. The molecule has 0 aliphatic rings. The molecule has 0 saturated heterocycles. The molecule has 3 N–H and O–H groups in total. The van der Waals surface area contributed by atoms with Crippen LogP contribution in [0.2, 0.25) is 0 Å². The van der Waals surface area contributed by atoms with E-state index in [0.717, 1.165) is 0 Å². The van der Waals surface area contributed by atoms with Gasteiger partial charge in [-0.2, -0.15) is 5.26 Å². The first-order chi connectivity index (χ1) is 9.73. The highest BCUT2D eigenvalue weighted by Gasteiger charge is 2.21. The van der Waals surface area contributed by atoms with Crippen molar-refractivity contribution >= 4 is 6.09 Å². The summed E-state index contributed by atoms with van der Waals surface area (Å²) >= 11 is 0. The summed E-state index contributed by atoms with van der Waals surface area (Å²) in [4.78, 5) is 11.4. The molecule has 0 radical (unpaired) electrons. The number of carbonyl (C=O) groups excluding carboxylic acids is 1. The van der Waals surface area contributed by atoms with Crippen LogP contribution >= 0.6 is 0 Å². The lowest BCUT2D eigenvalue weighted by Gasteiger charge is -2.22. The van der Waals surface area contributed by atoms with Crippen LogP contribution in [0.15, 0.2) is 24.3 Å². The number of alkyl carbamates (subject to hydrolysis) is 1. The van der Waals surface area contributed by atoms with Crippen LogP contribution in [0.3, 0.4) is 0 Å². The number of carbonyl (C=O) groups is 1. The third-order valence-electron chi connectivity index (χ3n) is 2.60. The predicted molar refractivity (Wildman–Crippen MR) is 76.4 cm³/mol. The number of nitriles is 1. The summed E-state index contributed by atoms with van der Waals surface area (Å²) in [6, 6.07) is 8.17. The van der Waals surface area contributed by atoms with E-state index in [0.29, 0.717) is 11.1 Å². The van der Waals surface area contributed by atoms with E-state index in [2.05, 4.69) is 5.32 Å². The Hall–Kier alpha value is -2.10. The van der Waals surface area contributed by atoms with Crippen LogP contribution in [0.1, 0.15) is 38.0 Å². The maximum absolute atomic E-state index is 11.4. The van der Waals surface area contributed by atoms with Crippen molar-refractivity contribution in [3.63, 3.8) is 0 Å². The van der Waals surface area contributed by atoms with Crippen LogP contribution in [0.25, 0.3) is 0 Å². The van der Waals surface area contributed by atoms with Crippen molar-refractivity contribution in [1.82, 2.24) is 5.32 Å². The van der Waals surface area contributed by atoms with E-state index in [9.17, 15) is 15.0 Å². The average molecular weight is 292 g/mol. The topological polar surface area (TPSA) is 103 Å². The number of aliphatic hydroxyl groups is 2. The maximum Gasteiger partial charge on any atom is 0.407 e. The van der Waals surface area contributed by atoms with Crippen LogP contribution in [0.4, 0.5) is 4.79 Å². The first kappa shape index (κ1) is 17.0. The smallest absolute Gasteiger partial charge is 0.407 e. The van der Waals surface area contributed by atoms with Gasteiger partial charge in [0.2, 0.25) is 0 Å². The molecule has 1 rings (SSSR count). The van der Waals surface area contributed by atoms with Crippen molar-refractivity contribution in [3.8, 4) is 6.07 Å². The van der Waals surface area contributed by atoms with E-state index in [1.165, 1.54) is 0 Å². The highest BCUT2D eigenvalue weighted by molar-refractivity contribution is 5.67. The number of nitrogens with zero attached hydrogens (tertiary/aromatic N) is 1. The summed E-state index contributed by atoms with van der Waals surface area (Å²) in [6.07, 6.45) is -2.99. The van der Waals surface area contributed by atoms with Gasteiger partial charge in [0.1, 0.15) is 17.8 Å².